The predicted molar refractivity (Wildman–Crippen MR) is 274 cm³/mol. The molecule has 0 radical (unpaired) electrons. The Morgan fingerprint density at radius 2 is 1.29 bits per heavy atom. The van der Waals surface area contributed by atoms with Gasteiger partial charge in [0.15, 0.2) is 24.8 Å². The largest absolute Gasteiger partial charge is 0.492 e. The smallest absolute Gasteiger partial charge is 0.360 e. The second-order valence-electron chi connectivity index (χ2n) is 19.8. The summed E-state index contributed by atoms with van der Waals surface area (Å²) >= 11 is 0. The lowest BCUT2D eigenvalue weighted by Crippen LogP contribution is -2.50. The van der Waals surface area contributed by atoms with Crippen LogP contribution in [-0.4, -0.2) is 148 Å². The van der Waals surface area contributed by atoms with E-state index >= 15 is 8.78 Å². The average molecular weight is 1120 g/mol. The lowest BCUT2D eigenvalue weighted by Gasteiger charge is -2.35. The quantitative estimate of drug-likeness (QED) is 0.0324. The lowest BCUT2D eigenvalue weighted by atomic mass is 10.1. The van der Waals surface area contributed by atoms with E-state index in [0.717, 1.165) is 25.0 Å². The van der Waals surface area contributed by atoms with Crippen molar-refractivity contribution in [2.24, 2.45) is 0 Å². The van der Waals surface area contributed by atoms with Crippen LogP contribution in [0.4, 0.5) is 20.2 Å². The van der Waals surface area contributed by atoms with Crippen LogP contribution in [0.5, 0.6) is 5.75 Å². The van der Waals surface area contributed by atoms with Crippen LogP contribution in [0.15, 0.2) is 40.2 Å². The number of hydrogen-bond acceptors (Lipinski definition) is 16. The van der Waals surface area contributed by atoms with Crippen LogP contribution in [0.1, 0.15) is 91.6 Å². The van der Waals surface area contributed by atoms with Gasteiger partial charge in [-0.15, -0.1) is 0 Å². The van der Waals surface area contributed by atoms with E-state index in [1.165, 1.54) is 19.5 Å². The third kappa shape index (κ3) is 13.2. The number of carbonyl (C=O) groups is 5. The van der Waals surface area contributed by atoms with Crippen molar-refractivity contribution >= 4 is 78.0 Å². The summed E-state index contributed by atoms with van der Waals surface area (Å²) < 4.78 is 75.0. The SMILES string of the molecule is COc1c(N2CCNC(C)C2)c(F)cc2c(=O)c(C(=O)OCC(=O)N[C@H](CCCCNC(=O)COC(=O)c3cn(C4CC4)c4cc(N5CCNC(C)C5)c(F)cc4c3=O)C(=O)NC(P(=O)(O)O)P(=O)(O)O)cn(C3CC3)c12. The van der Waals surface area contributed by atoms with Crippen molar-refractivity contribution < 1.29 is 75.7 Å². The highest BCUT2D eigenvalue weighted by molar-refractivity contribution is 7.70. The number of rotatable bonds is 21. The predicted octanol–water partition coefficient (Wildman–Crippen LogP) is 1.41. The summed E-state index contributed by atoms with van der Waals surface area (Å²) in [5.74, 6) is -7.20. The normalized spacial score (nSPS) is 18.5. The standard InChI is InChI=1S/C48H61F2N9O16P2/c1-25-19-56(14-12-51-25)37-18-36-29(16-33(37)49)42(62)31(21-58(36)27-7-8-27)46(65)74-23-38(60)53-11-5-4-6-35(45(64)55-48(76(67,68)69)77(70,71)72)54-39(61)24-75-47(66)32-22-59(28-9-10-28)40-30(43(32)63)17-34(50)41(44(40)73-3)57-15-13-52-26(2)20-57/h16-18,21-22,25-28,35,48,51-52H,4-15,19-20,23-24H2,1-3H3,(H,53,60)(H,54,61)(H,55,64)(H2,67,68,69)(H2,70,71,72)/t25?,26?,35-/m1/s1. The van der Waals surface area contributed by atoms with E-state index in [0.29, 0.717) is 63.3 Å². The van der Waals surface area contributed by atoms with E-state index in [9.17, 15) is 62.3 Å². The summed E-state index contributed by atoms with van der Waals surface area (Å²) in [4.78, 5) is 136. The first-order valence-corrected chi connectivity index (χ1v) is 28.4. The van der Waals surface area contributed by atoms with Crippen LogP contribution >= 0.6 is 15.2 Å². The number of hydrogen-bond donors (Lipinski definition) is 9. The van der Waals surface area contributed by atoms with Crippen LogP contribution < -0.4 is 52.0 Å². The molecule has 2 saturated carbocycles. The van der Waals surface area contributed by atoms with Crippen LogP contribution in [-0.2, 0) is 33.0 Å². The van der Waals surface area contributed by atoms with Crippen molar-refractivity contribution in [1.82, 2.24) is 35.7 Å². The minimum absolute atomic E-state index is 0.0225. The number of fused-ring (bicyclic) bond motifs is 2. The van der Waals surface area contributed by atoms with E-state index < -0.39 is 110 Å². The number of nitrogens with one attached hydrogen (secondary N) is 5. The number of pyridine rings is 2. The Morgan fingerprint density at radius 1 is 0.740 bits per heavy atom. The summed E-state index contributed by atoms with van der Waals surface area (Å²) in [6.07, 6.45) is 5.00. The van der Waals surface area contributed by atoms with Crippen molar-refractivity contribution in [3.8, 4) is 5.75 Å². The Hall–Kier alpha value is -6.31. The van der Waals surface area contributed by atoms with Gasteiger partial charge in [0.1, 0.15) is 28.7 Å². The topological polar surface area (TPSA) is 339 Å². The van der Waals surface area contributed by atoms with Gasteiger partial charge in [-0.1, -0.05) is 0 Å². The van der Waals surface area contributed by atoms with Gasteiger partial charge in [-0.2, -0.15) is 0 Å². The summed E-state index contributed by atoms with van der Waals surface area (Å²) in [7, 11) is -10.1. The zero-order chi connectivity index (χ0) is 55.7. The van der Waals surface area contributed by atoms with Crippen LogP contribution in [0.2, 0.25) is 0 Å². The molecule has 2 aromatic heterocycles. The Morgan fingerprint density at radius 3 is 1.87 bits per heavy atom. The average Bonchev–Trinajstić information content (AvgIpc) is 4.37. The summed E-state index contributed by atoms with van der Waals surface area (Å²) in [5.41, 5.74) is -4.49. The van der Waals surface area contributed by atoms with Crippen molar-refractivity contribution in [2.75, 3.05) is 75.9 Å². The third-order valence-corrected chi connectivity index (χ3v) is 17.0. The molecule has 4 heterocycles. The molecule has 3 amide bonds. The first kappa shape index (κ1) is 56.9. The highest BCUT2D eigenvalue weighted by Gasteiger charge is 2.45. The fourth-order valence-corrected chi connectivity index (χ4v) is 11.8. The third-order valence-electron chi connectivity index (χ3n) is 13.7. The van der Waals surface area contributed by atoms with Crippen molar-refractivity contribution in [2.45, 2.75) is 94.5 Å². The van der Waals surface area contributed by atoms with E-state index in [4.69, 9.17) is 14.2 Å². The number of ether oxygens (including phenoxy) is 3. The molecule has 0 bridgehead atoms. The molecule has 2 aliphatic carbocycles. The van der Waals surface area contributed by atoms with Gasteiger partial charge in [0.25, 0.3) is 11.8 Å². The number of nitrogens with zero attached hydrogens (tertiary/aromatic N) is 4. The number of aromatic nitrogens is 2. The minimum atomic E-state index is -5.71. The number of carbonyl (C=O) groups excluding carboxylic acids is 5. The monoisotopic (exact) mass is 1120 g/mol. The Balaban J connectivity index is 0.894. The van der Waals surface area contributed by atoms with Crippen molar-refractivity contribution in [3.63, 3.8) is 0 Å². The van der Waals surface area contributed by atoms with E-state index in [1.807, 2.05) is 18.7 Å². The minimum Gasteiger partial charge on any atom is -0.492 e. The van der Waals surface area contributed by atoms with Crippen LogP contribution in [0.3, 0.4) is 0 Å². The number of anilines is 2. The molecule has 0 spiro atoms. The molecule has 9 N–H and O–H groups in total. The molecule has 2 unspecified atom stereocenters. The molecule has 29 heteroatoms. The molecule has 2 aromatic carbocycles. The highest BCUT2D eigenvalue weighted by Crippen LogP contribution is 2.58. The molecule has 25 nitrogen and oxygen atoms in total. The Bertz CT molecular complexity index is 3190. The molecule has 4 aliphatic rings. The zero-order valence-electron chi connectivity index (χ0n) is 42.3. The number of amides is 3. The van der Waals surface area contributed by atoms with Gasteiger partial charge in [0.2, 0.25) is 22.3 Å². The number of unbranched alkanes of at least 4 members (excludes halogenated alkanes) is 1. The molecule has 4 aromatic rings. The summed E-state index contributed by atoms with van der Waals surface area (Å²) in [6, 6.07) is 1.85. The van der Waals surface area contributed by atoms with Gasteiger partial charge in [0.05, 0.1) is 29.2 Å². The second kappa shape index (κ2) is 23.3. The van der Waals surface area contributed by atoms with Gasteiger partial charge in [0, 0.05) is 87.8 Å². The fourth-order valence-electron chi connectivity index (χ4n) is 9.67. The maximum absolute atomic E-state index is 16.0. The first-order valence-electron chi connectivity index (χ1n) is 25.1. The second-order valence-corrected chi connectivity index (χ2v) is 23.6. The molecule has 77 heavy (non-hydrogen) atoms. The van der Waals surface area contributed by atoms with Gasteiger partial charge >= 0.3 is 27.1 Å². The number of benzene rings is 2. The molecule has 8 rings (SSSR count). The molecule has 4 fully saturated rings. The molecular weight excluding hydrogens is 1060 g/mol. The highest BCUT2D eigenvalue weighted by atomic mass is 31.2. The molecule has 3 atom stereocenters. The zero-order valence-corrected chi connectivity index (χ0v) is 44.1. The number of piperazine rings is 2. The Kier molecular flexibility index (Phi) is 17.2. The van der Waals surface area contributed by atoms with Gasteiger partial charge < -0.3 is 79.3 Å². The lowest BCUT2D eigenvalue weighted by molar-refractivity contribution is -0.130. The number of esters is 2. The summed E-state index contributed by atoms with van der Waals surface area (Å²) in [6.45, 7) is 5.00. The van der Waals surface area contributed by atoms with Gasteiger partial charge in [-0.25, -0.2) is 18.4 Å². The van der Waals surface area contributed by atoms with Gasteiger partial charge in [-0.05, 0) is 77.0 Å². The van der Waals surface area contributed by atoms with E-state index in [2.05, 4.69) is 21.3 Å². The molecular formula is C48H61F2N9O16P2. The Labute approximate surface area is 438 Å². The molecule has 2 saturated heterocycles. The van der Waals surface area contributed by atoms with Crippen molar-refractivity contribution in [3.05, 3.63) is 73.8 Å². The van der Waals surface area contributed by atoms with Crippen molar-refractivity contribution in [1.29, 1.82) is 0 Å². The molecule has 2 aliphatic heterocycles. The number of halogens is 2. The maximum atomic E-state index is 16.0. The molecule has 418 valence electrons. The van der Waals surface area contributed by atoms with E-state index in [1.54, 1.807) is 25.4 Å². The van der Waals surface area contributed by atoms with Crippen LogP contribution in [0.25, 0.3) is 21.8 Å². The first-order chi connectivity index (χ1) is 36.4. The van der Waals surface area contributed by atoms with E-state index in [-0.39, 0.29) is 71.3 Å². The maximum Gasteiger partial charge on any atom is 0.360 e. The fraction of sp³-hybridized carbons (Fsp3) is 0.521. The summed E-state index contributed by atoms with van der Waals surface area (Å²) in [5, 5.41) is 12.6. The van der Waals surface area contributed by atoms with Crippen LogP contribution in [0, 0.1) is 11.6 Å². The van der Waals surface area contributed by atoms with Gasteiger partial charge in [-0.3, -0.25) is 33.1 Å². The number of methoxy groups -OCH3 is 1.